The Morgan fingerprint density at radius 3 is 2.82 bits per heavy atom. The fourth-order valence-electron chi connectivity index (χ4n) is 3.98. The van der Waals surface area contributed by atoms with Gasteiger partial charge < -0.3 is 10.1 Å². The highest BCUT2D eigenvalue weighted by atomic mass is 16.5. The Hall–Kier alpha value is -2.83. The van der Waals surface area contributed by atoms with Crippen LogP contribution in [0.25, 0.3) is 22.0 Å². The number of rotatable bonds is 5. The van der Waals surface area contributed by atoms with Gasteiger partial charge in [0.2, 0.25) is 5.91 Å². The van der Waals surface area contributed by atoms with E-state index in [1.807, 2.05) is 24.9 Å². The summed E-state index contributed by atoms with van der Waals surface area (Å²) in [5, 5.41) is 13.1. The molecule has 7 nitrogen and oxygen atoms in total. The number of nitrogens with one attached hydrogen (secondary N) is 1. The van der Waals surface area contributed by atoms with Crippen molar-refractivity contribution in [3.05, 3.63) is 30.2 Å². The van der Waals surface area contributed by atoms with E-state index in [0.717, 1.165) is 33.5 Å². The first-order chi connectivity index (χ1) is 13.5. The number of fused-ring (bicyclic) bond motifs is 1. The zero-order valence-corrected chi connectivity index (χ0v) is 16.5. The molecule has 1 saturated heterocycles. The molecule has 0 spiro atoms. The van der Waals surface area contributed by atoms with Crippen LogP contribution in [0.4, 0.5) is 0 Å². The summed E-state index contributed by atoms with van der Waals surface area (Å²) >= 11 is 0. The number of aryl methyl sites for hydroxylation is 2. The monoisotopic (exact) mass is 379 g/mol. The minimum Gasteiger partial charge on any atom is -0.490 e. The van der Waals surface area contributed by atoms with E-state index in [0.29, 0.717) is 19.0 Å². The van der Waals surface area contributed by atoms with Crippen molar-refractivity contribution in [2.75, 3.05) is 6.54 Å². The number of benzene rings is 1. The molecule has 2 unspecified atom stereocenters. The van der Waals surface area contributed by atoms with E-state index in [1.165, 1.54) is 12.8 Å². The molecule has 2 atom stereocenters. The molecule has 2 aromatic heterocycles. The molecule has 2 fully saturated rings. The van der Waals surface area contributed by atoms with Crippen molar-refractivity contribution in [1.82, 2.24) is 24.9 Å². The maximum atomic E-state index is 11.6. The lowest BCUT2D eigenvalue weighted by Crippen LogP contribution is -2.25. The molecule has 1 amide bonds. The van der Waals surface area contributed by atoms with Crippen molar-refractivity contribution in [3.63, 3.8) is 0 Å². The second-order valence-electron chi connectivity index (χ2n) is 8.11. The van der Waals surface area contributed by atoms with E-state index in [1.54, 1.807) is 0 Å². The third-order valence-corrected chi connectivity index (χ3v) is 6.03. The number of ether oxygens (including phenoxy) is 1. The van der Waals surface area contributed by atoms with Crippen molar-refractivity contribution in [2.45, 2.75) is 45.3 Å². The van der Waals surface area contributed by atoms with Crippen molar-refractivity contribution in [1.29, 1.82) is 0 Å². The van der Waals surface area contributed by atoms with E-state index in [2.05, 4.69) is 45.4 Å². The minimum atomic E-state index is -0.0637. The number of nitrogens with zero attached hydrogens (tertiary/aromatic N) is 4. The number of amides is 1. The topological polar surface area (TPSA) is 74.0 Å². The number of carbonyl (C=O) groups is 1. The summed E-state index contributed by atoms with van der Waals surface area (Å²) in [5.74, 6) is 1.11. The smallest absolute Gasteiger partial charge is 0.220 e. The molecule has 1 N–H and O–H groups in total. The minimum absolute atomic E-state index is 0.0637. The van der Waals surface area contributed by atoms with Crippen molar-refractivity contribution in [2.24, 2.45) is 13.0 Å². The highest BCUT2D eigenvalue weighted by Gasteiger charge is 2.29. The molecule has 7 heteroatoms. The summed E-state index contributed by atoms with van der Waals surface area (Å²) in [4.78, 5) is 11.6. The number of carbonyl (C=O) groups excluding carboxylic acids is 1. The zero-order valence-electron chi connectivity index (χ0n) is 16.5. The van der Waals surface area contributed by atoms with Crippen LogP contribution < -0.4 is 10.1 Å². The molecule has 0 radical (unpaired) electrons. The fourth-order valence-corrected chi connectivity index (χ4v) is 3.98. The third-order valence-electron chi connectivity index (χ3n) is 6.03. The molecule has 1 saturated carbocycles. The molecule has 146 valence electrons. The Bertz CT molecular complexity index is 1060. The van der Waals surface area contributed by atoms with Gasteiger partial charge in [-0.25, -0.2) is 0 Å². The summed E-state index contributed by atoms with van der Waals surface area (Å²) in [7, 11) is 1.95. The highest BCUT2D eigenvalue weighted by molar-refractivity contribution is 5.92. The van der Waals surface area contributed by atoms with Crippen LogP contribution in [0.3, 0.4) is 0 Å². The van der Waals surface area contributed by atoms with Gasteiger partial charge in [-0.3, -0.25) is 14.2 Å². The summed E-state index contributed by atoms with van der Waals surface area (Å²) in [6.07, 6.45) is 6.90. The summed E-state index contributed by atoms with van der Waals surface area (Å²) in [6.45, 7) is 4.77. The van der Waals surface area contributed by atoms with Crippen LogP contribution in [0.1, 0.15) is 37.9 Å². The normalized spacial score (nSPS) is 20.5. The Kier molecular flexibility index (Phi) is 3.92. The quantitative estimate of drug-likeness (QED) is 0.740. The van der Waals surface area contributed by atoms with Crippen molar-refractivity contribution >= 4 is 16.8 Å². The van der Waals surface area contributed by atoms with Gasteiger partial charge in [-0.1, -0.05) is 0 Å². The third kappa shape index (κ3) is 2.95. The molecule has 1 aliphatic heterocycles. The SMILES string of the molecule is Cc1c2c(OC(C)C3CNC(=O)C3)cc(-c3cnn(C4CC4)c3)cc2nn1C. The van der Waals surface area contributed by atoms with E-state index < -0.39 is 0 Å². The first-order valence-electron chi connectivity index (χ1n) is 9.95. The van der Waals surface area contributed by atoms with Gasteiger partial charge in [-0.2, -0.15) is 10.2 Å². The Balaban J connectivity index is 1.54. The average molecular weight is 379 g/mol. The number of hydrogen-bond acceptors (Lipinski definition) is 4. The predicted molar refractivity (Wildman–Crippen MR) is 106 cm³/mol. The summed E-state index contributed by atoms with van der Waals surface area (Å²) in [5.41, 5.74) is 4.12. The standard InChI is InChI=1S/C21H25N5O2/c1-12-21-18(24-25(12)3)6-14(16-10-23-26(11-16)17-4-5-17)7-19(21)28-13(2)15-8-20(27)22-9-15/h6-7,10-11,13,15,17H,4-5,8-9H2,1-3H3,(H,22,27). The summed E-state index contributed by atoms with van der Waals surface area (Å²) in [6, 6.07) is 4.75. The first kappa shape index (κ1) is 17.3. The van der Waals surface area contributed by atoms with Crippen LogP contribution in [-0.2, 0) is 11.8 Å². The van der Waals surface area contributed by atoms with E-state index >= 15 is 0 Å². The summed E-state index contributed by atoms with van der Waals surface area (Å²) < 4.78 is 10.4. The molecular weight excluding hydrogens is 354 g/mol. The maximum absolute atomic E-state index is 11.6. The van der Waals surface area contributed by atoms with Gasteiger partial charge in [0, 0.05) is 43.4 Å². The lowest BCUT2D eigenvalue weighted by molar-refractivity contribution is -0.119. The lowest BCUT2D eigenvalue weighted by Gasteiger charge is -2.20. The molecule has 5 rings (SSSR count). The van der Waals surface area contributed by atoms with Gasteiger partial charge in [0.1, 0.15) is 11.9 Å². The zero-order chi connectivity index (χ0) is 19.4. The van der Waals surface area contributed by atoms with E-state index in [4.69, 9.17) is 4.74 Å². The van der Waals surface area contributed by atoms with Crippen LogP contribution in [-0.4, -0.2) is 38.1 Å². The maximum Gasteiger partial charge on any atom is 0.220 e. The lowest BCUT2D eigenvalue weighted by atomic mass is 10.0. The van der Waals surface area contributed by atoms with Gasteiger partial charge in [0.05, 0.1) is 23.1 Å². The van der Waals surface area contributed by atoms with E-state index in [-0.39, 0.29) is 17.9 Å². The van der Waals surface area contributed by atoms with Gasteiger partial charge >= 0.3 is 0 Å². The van der Waals surface area contributed by atoms with Gasteiger partial charge in [0.15, 0.2) is 0 Å². The largest absolute Gasteiger partial charge is 0.490 e. The molecule has 0 bridgehead atoms. The van der Waals surface area contributed by atoms with Crippen molar-refractivity contribution < 1.29 is 9.53 Å². The van der Waals surface area contributed by atoms with Crippen molar-refractivity contribution in [3.8, 4) is 16.9 Å². The Morgan fingerprint density at radius 1 is 1.29 bits per heavy atom. The molecule has 3 heterocycles. The number of aromatic nitrogens is 4. The van der Waals surface area contributed by atoms with E-state index in [9.17, 15) is 4.79 Å². The molecule has 2 aliphatic rings. The van der Waals surface area contributed by atoms with Crippen LogP contribution in [0.15, 0.2) is 24.5 Å². The molecule has 1 aromatic carbocycles. The van der Waals surface area contributed by atoms with Gasteiger partial charge in [-0.05, 0) is 44.4 Å². The number of hydrogen-bond donors (Lipinski definition) is 1. The molecule has 1 aliphatic carbocycles. The second-order valence-corrected chi connectivity index (χ2v) is 8.11. The molecular formula is C21H25N5O2. The van der Waals surface area contributed by atoms with Gasteiger partial charge in [-0.15, -0.1) is 0 Å². The molecule has 28 heavy (non-hydrogen) atoms. The average Bonchev–Trinajstić information content (AvgIpc) is 3.09. The molecule has 3 aromatic rings. The highest BCUT2D eigenvalue weighted by Crippen LogP contribution is 2.38. The van der Waals surface area contributed by atoms with Gasteiger partial charge in [0.25, 0.3) is 0 Å². The Morgan fingerprint density at radius 2 is 2.11 bits per heavy atom. The first-order valence-corrected chi connectivity index (χ1v) is 9.95. The fraction of sp³-hybridized carbons (Fsp3) is 0.476. The van der Waals surface area contributed by atoms with Crippen LogP contribution in [0.5, 0.6) is 5.75 Å². The predicted octanol–water partition coefficient (Wildman–Crippen LogP) is 2.98. The Labute approximate surface area is 163 Å². The van der Waals surface area contributed by atoms with Crippen LogP contribution in [0.2, 0.25) is 0 Å². The van der Waals surface area contributed by atoms with Crippen LogP contribution >= 0.6 is 0 Å². The van der Waals surface area contributed by atoms with Crippen LogP contribution in [0, 0.1) is 12.8 Å². The second kappa shape index (κ2) is 6.36.